The van der Waals surface area contributed by atoms with Crippen LogP contribution in [0.25, 0.3) is 0 Å². The molecule has 0 aliphatic heterocycles. The van der Waals surface area contributed by atoms with Gasteiger partial charge in [0.25, 0.3) is 0 Å². The van der Waals surface area contributed by atoms with E-state index in [1.165, 1.54) is 0 Å². The lowest BCUT2D eigenvalue weighted by Crippen LogP contribution is -2.18. The average molecular weight is 408 g/mol. The van der Waals surface area contributed by atoms with Gasteiger partial charge < -0.3 is 0 Å². The van der Waals surface area contributed by atoms with Crippen LogP contribution in [0.3, 0.4) is 0 Å². The minimum atomic E-state index is -0.0458. The van der Waals surface area contributed by atoms with E-state index in [1.54, 1.807) is 11.3 Å². The van der Waals surface area contributed by atoms with Gasteiger partial charge in [0, 0.05) is 10.8 Å². The number of hydrogen-bond acceptors (Lipinski definition) is 4. The van der Waals surface area contributed by atoms with E-state index >= 15 is 0 Å². The Kier molecular flexibility index (Phi) is 4.47. The van der Waals surface area contributed by atoms with Gasteiger partial charge in [-0.3, -0.25) is 0 Å². The molecule has 19 heavy (non-hydrogen) atoms. The number of thiazole rings is 1. The van der Waals surface area contributed by atoms with Gasteiger partial charge in [-0.2, -0.15) is 0 Å². The van der Waals surface area contributed by atoms with E-state index in [0.29, 0.717) is 11.6 Å². The van der Waals surface area contributed by atoms with Crippen LogP contribution < -0.4 is 0 Å². The third-order valence-electron chi connectivity index (χ3n) is 2.57. The first kappa shape index (κ1) is 15.1. The fraction of sp³-hybridized carbons (Fsp3) is 0.462. The molecule has 0 spiro atoms. The normalized spacial score (nSPS) is 11.9. The van der Waals surface area contributed by atoms with Gasteiger partial charge in [-0.05, 0) is 29.5 Å². The van der Waals surface area contributed by atoms with Crippen LogP contribution >= 0.6 is 45.5 Å². The first-order chi connectivity index (χ1) is 8.77. The van der Waals surface area contributed by atoms with Crippen molar-refractivity contribution in [3.63, 3.8) is 0 Å². The van der Waals surface area contributed by atoms with E-state index in [0.717, 1.165) is 25.8 Å². The molecule has 0 fully saturated rings. The summed E-state index contributed by atoms with van der Waals surface area (Å²) in [6.07, 6.45) is 0.629. The largest absolute Gasteiger partial charge is 0.246 e. The van der Waals surface area contributed by atoms with Crippen LogP contribution in [0, 0.1) is 10.5 Å². The van der Waals surface area contributed by atoms with Crippen molar-refractivity contribution in [1.29, 1.82) is 0 Å². The number of halogens is 2. The van der Waals surface area contributed by atoms with Gasteiger partial charge in [0.2, 0.25) is 0 Å². The molecule has 0 bridgehead atoms. The van der Waals surface area contributed by atoms with Crippen molar-refractivity contribution in [3.05, 3.63) is 36.3 Å². The van der Waals surface area contributed by atoms with Crippen molar-refractivity contribution < 1.29 is 0 Å². The minimum Gasteiger partial charge on any atom is -0.246 e. The molecule has 0 aliphatic carbocycles. The number of rotatable bonds is 2. The second-order valence-electron chi connectivity index (χ2n) is 5.38. The first-order valence-electron chi connectivity index (χ1n) is 5.91. The molecule has 0 atom stereocenters. The predicted molar refractivity (Wildman–Crippen MR) is 88.1 cm³/mol. The zero-order chi connectivity index (χ0) is 14.2. The van der Waals surface area contributed by atoms with E-state index < -0.39 is 0 Å². The van der Waals surface area contributed by atoms with E-state index in [-0.39, 0.29) is 5.41 Å². The van der Waals surface area contributed by atoms with Crippen molar-refractivity contribution in [2.75, 3.05) is 0 Å². The van der Waals surface area contributed by atoms with Crippen molar-refractivity contribution in [1.82, 2.24) is 15.0 Å². The third-order valence-corrected chi connectivity index (χ3v) is 5.01. The SMILES string of the molecule is Cc1nc(Cc2nc(Cl)c(I)c(C(C)(C)C)n2)cs1. The third kappa shape index (κ3) is 3.64. The Labute approximate surface area is 136 Å². The minimum absolute atomic E-state index is 0.0458. The Morgan fingerprint density at radius 1 is 1.26 bits per heavy atom. The summed E-state index contributed by atoms with van der Waals surface area (Å²) in [6, 6.07) is 0. The van der Waals surface area contributed by atoms with Crippen LogP contribution in [0.1, 0.15) is 43.0 Å². The van der Waals surface area contributed by atoms with E-state index in [4.69, 9.17) is 11.6 Å². The molecule has 102 valence electrons. The summed E-state index contributed by atoms with van der Waals surface area (Å²) in [7, 11) is 0. The fourth-order valence-corrected chi connectivity index (χ4v) is 3.54. The van der Waals surface area contributed by atoms with Crippen LogP contribution in [0.2, 0.25) is 5.15 Å². The molecule has 2 heterocycles. The predicted octanol–water partition coefficient (Wildman–Crippen LogP) is 4.39. The lowest BCUT2D eigenvalue weighted by Gasteiger charge is -2.20. The number of hydrogen-bond donors (Lipinski definition) is 0. The van der Waals surface area contributed by atoms with Gasteiger partial charge >= 0.3 is 0 Å². The molecule has 0 aliphatic rings. The quantitative estimate of drug-likeness (QED) is 0.547. The van der Waals surface area contributed by atoms with Crippen LogP contribution in [0.4, 0.5) is 0 Å². The summed E-state index contributed by atoms with van der Waals surface area (Å²) in [5.74, 6) is 0.737. The Balaban J connectivity index is 2.39. The molecule has 2 rings (SSSR count). The summed E-state index contributed by atoms with van der Waals surface area (Å²) in [5.41, 5.74) is 1.95. The molecule has 3 nitrogen and oxygen atoms in total. The highest BCUT2D eigenvalue weighted by Gasteiger charge is 2.22. The van der Waals surface area contributed by atoms with E-state index in [2.05, 4.69) is 58.3 Å². The smallest absolute Gasteiger partial charge is 0.146 e. The van der Waals surface area contributed by atoms with Gasteiger partial charge in [-0.25, -0.2) is 15.0 Å². The zero-order valence-corrected chi connectivity index (χ0v) is 15.0. The number of aryl methyl sites for hydroxylation is 1. The van der Waals surface area contributed by atoms with Gasteiger partial charge in [0.1, 0.15) is 11.0 Å². The van der Waals surface area contributed by atoms with Crippen molar-refractivity contribution in [3.8, 4) is 0 Å². The Morgan fingerprint density at radius 3 is 2.47 bits per heavy atom. The monoisotopic (exact) mass is 407 g/mol. The molecule has 0 aromatic carbocycles. The molecule has 6 heteroatoms. The number of nitrogens with zero attached hydrogens (tertiary/aromatic N) is 3. The first-order valence-corrected chi connectivity index (χ1v) is 8.24. The van der Waals surface area contributed by atoms with Gasteiger partial charge in [-0.1, -0.05) is 32.4 Å². The van der Waals surface area contributed by atoms with Gasteiger partial charge in [-0.15, -0.1) is 11.3 Å². The summed E-state index contributed by atoms with van der Waals surface area (Å²) in [4.78, 5) is 13.5. The molecular formula is C13H15ClIN3S. The number of aromatic nitrogens is 3. The van der Waals surface area contributed by atoms with Gasteiger partial charge in [0.05, 0.1) is 26.4 Å². The molecule has 0 unspecified atom stereocenters. The average Bonchev–Trinajstić information content (AvgIpc) is 2.67. The molecular weight excluding hydrogens is 393 g/mol. The standard InChI is InChI=1S/C13H15ClIN3S/c1-7-16-8(6-19-7)5-9-17-11(13(2,3)4)10(15)12(14)18-9/h6H,5H2,1-4H3. The van der Waals surface area contributed by atoms with E-state index in [1.807, 2.05) is 12.3 Å². The molecule has 2 aromatic rings. The van der Waals surface area contributed by atoms with Crippen molar-refractivity contribution in [2.24, 2.45) is 0 Å². The summed E-state index contributed by atoms with van der Waals surface area (Å²) < 4.78 is 0.935. The maximum Gasteiger partial charge on any atom is 0.146 e. The summed E-state index contributed by atoms with van der Waals surface area (Å²) >= 11 is 10.1. The summed E-state index contributed by atoms with van der Waals surface area (Å²) in [6.45, 7) is 8.39. The topological polar surface area (TPSA) is 38.7 Å². The van der Waals surface area contributed by atoms with Crippen molar-refractivity contribution in [2.45, 2.75) is 39.5 Å². The Hall–Kier alpha value is -0.270. The zero-order valence-electron chi connectivity index (χ0n) is 11.3. The lowest BCUT2D eigenvalue weighted by molar-refractivity contribution is 0.558. The molecule has 0 radical (unpaired) electrons. The Bertz CT molecular complexity index is 604. The second-order valence-corrected chi connectivity index (χ2v) is 7.88. The highest BCUT2D eigenvalue weighted by Crippen LogP contribution is 2.29. The molecule has 0 N–H and O–H groups in total. The van der Waals surface area contributed by atoms with Crippen molar-refractivity contribution >= 4 is 45.5 Å². The van der Waals surface area contributed by atoms with Crippen LogP contribution in [0.5, 0.6) is 0 Å². The molecule has 0 saturated heterocycles. The highest BCUT2D eigenvalue weighted by atomic mass is 127. The molecule has 0 amide bonds. The van der Waals surface area contributed by atoms with Crippen LogP contribution in [0.15, 0.2) is 5.38 Å². The van der Waals surface area contributed by atoms with E-state index in [9.17, 15) is 0 Å². The summed E-state index contributed by atoms with van der Waals surface area (Å²) in [5, 5.41) is 3.63. The second kappa shape index (κ2) is 5.61. The molecule has 0 saturated carbocycles. The molecule has 2 aromatic heterocycles. The highest BCUT2D eigenvalue weighted by molar-refractivity contribution is 14.1. The maximum atomic E-state index is 6.22. The lowest BCUT2D eigenvalue weighted by atomic mass is 9.92. The fourth-order valence-electron chi connectivity index (χ4n) is 1.69. The maximum absolute atomic E-state index is 6.22. The van der Waals surface area contributed by atoms with Gasteiger partial charge in [0.15, 0.2) is 0 Å². The van der Waals surface area contributed by atoms with Crippen LogP contribution in [-0.2, 0) is 11.8 Å². The Morgan fingerprint density at radius 2 is 1.95 bits per heavy atom. The van der Waals surface area contributed by atoms with Crippen LogP contribution in [-0.4, -0.2) is 15.0 Å².